The highest BCUT2D eigenvalue weighted by molar-refractivity contribution is 7.89. The van der Waals surface area contributed by atoms with E-state index in [0.717, 1.165) is 6.42 Å². The van der Waals surface area contributed by atoms with Gasteiger partial charge in [0.05, 0.1) is 4.90 Å². The Kier molecular flexibility index (Phi) is 4.93. The van der Waals surface area contributed by atoms with Gasteiger partial charge in [-0.05, 0) is 37.5 Å². The first kappa shape index (κ1) is 17.7. The zero-order chi connectivity index (χ0) is 17.5. The van der Waals surface area contributed by atoms with Crippen molar-refractivity contribution in [2.45, 2.75) is 36.2 Å². The number of piperidine rings is 1. The molecule has 1 unspecified atom stereocenters. The summed E-state index contributed by atoms with van der Waals surface area (Å²) in [5.41, 5.74) is 0. The van der Waals surface area contributed by atoms with E-state index in [2.05, 4.69) is 11.9 Å². The summed E-state index contributed by atoms with van der Waals surface area (Å²) in [6.45, 7) is 4.20. The molecule has 24 heavy (non-hydrogen) atoms. The Morgan fingerprint density at radius 2 is 1.88 bits per heavy atom. The van der Waals surface area contributed by atoms with Crippen LogP contribution < -0.4 is 5.32 Å². The second-order valence-electron chi connectivity index (χ2n) is 6.10. The number of hydrogen-bond donors (Lipinski definition) is 1. The largest absolute Gasteiger partial charge is 0.354 e. The normalized spacial score (nSPS) is 28.1. The topological polar surface area (TPSA) is 66.5 Å². The Balaban J connectivity index is 2.12. The molecular weight excluding hydrogens is 371 g/mol. The van der Waals surface area contributed by atoms with Gasteiger partial charge in [0.1, 0.15) is 6.04 Å². The lowest BCUT2D eigenvalue weighted by Crippen LogP contribution is -2.54. The van der Waals surface area contributed by atoms with E-state index in [1.165, 1.54) is 22.5 Å². The molecule has 3 atom stereocenters. The summed E-state index contributed by atoms with van der Waals surface area (Å²) < 4.78 is 27.9. The maximum absolute atomic E-state index is 13.3. The fourth-order valence-electron chi connectivity index (χ4n) is 3.51. The van der Waals surface area contributed by atoms with Crippen molar-refractivity contribution in [2.75, 3.05) is 6.54 Å². The monoisotopic (exact) mass is 388 g/mol. The van der Waals surface area contributed by atoms with E-state index in [1.54, 1.807) is 6.08 Å². The Labute approximate surface area is 151 Å². The van der Waals surface area contributed by atoms with Crippen LogP contribution in [0.15, 0.2) is 35.7 Å². The number of fused-ring (bicyclic) bond motifs is 2. The number of carbonyl (C=O) groups is 1. The van der Waals surface area contributed by atoms with Gasteiger partial charge in [-0.25, -0.2) is 8.42 Å². The molecule has 2 aliphatic heterocycles. The van der Waals surface area contributed by atoms with Gasteiger partial charge in [-0.2, -0.15) is 4.31 Å². The second kappa shape index (κ2) is 6.67. The first-order valence-corrected chi connectivity index (χ1v) is 9.94. The molecule has 2 saturated heterocycles. The number of benzene rings is 1. The molecule has 0 saturated carbocycles. The van der Waals surface area contributed by atoms with Gasteiger partial charge in [-0.15, -0.1) is 6.58 Å². The summed E-state index contributed by atoms with van der Waals surface area (Å²) in [5, 5.41) is 3.31. The number of nitrogens with zero attached hydrogens (tertiary/aromatic N) is 1. The van der Waals surface area contributed by atoms with Crippen molar-refractivity contribution in [3.8, 4) is 0 Å². The van der Waals surface area contributed by atoms with Gasteiger partial charge in [-0.1, -0.05) is 29.3 Å². The first-order chi connectivity index (χ1) is 11.3. The van der Waals surface area contributed by atoms with Crippen LogP contribution >= 0.6 is 23.2 Å². The Morgan fingerprint density at radius 3 is 2.50 bits per heavy atom. The fourth-order valence-corrected chi connectivity index (χ4v) is 6.12. The third-order valence-corrected chi connectivity index (χ3v) is 6.98. The van der Waals surface area contributed by atoms with Crippen LogP contribution in [0, 0.1) is 5.92 Å². The fraction of sp³-hybridized carbons (Fsp3) is 0.438. The molecule has 130 valence electrons. The number of carbonyl (C=O) groups excluding carboxylic acids is 1. The highest BCUT2D eigenvalue weighted by atomic mass is 35.5. The predicted molar refractivity (Wildman–Crippen MR) is 93.6 cm³/mol. The van der Waals surface area contributed by atoms with E-state index >= 15 is 0 Å². The number of nitrogens with one attached hydrogen (secondary N) is 1. The molecule has 2 fully saturated rings. The Morgan fingerprint density at radius 1 is 1.21 bits per heavy atom. The smallest absolute Gasteiger partial charge is 0.244 e. The molecule has 2 aliphatic rings. The molecule has 0 aliphatic carbocycles. The first-order valence-electron chi connectivity index (χ1n) is 7.74. The summed E-state index contributed by atoms with van der Waals surface area (Å²) in [4.78, 5) is 12.4. The minimum Gasteiger partial charge on any atom is -0.354 e. The highest BCUT2D eigenvalue weighted by Crippen LogP contribution is 2.36. The Hall–Kier alpha value is -1.08. The molecule has 1 aromatic rings. The van der Waals surface area contributed by atoms with Crippen LogP contribution in [0.5, 0.6) is 0 Å². The zero-order valence-electron chi connectivity index (χ0n) is 12.9. The van der Waals surface area contributed by atoms with Gasteiger partial charge in [0.2, 0.25) is 15.9 Å². The average Bonchev–Trinajstić information content (AvgIpc) is 2.61. The van der Waals surface area contributed by atoms with Crippen molar-refractivity contribution >= 4 is 39.1 Å². The molecule has 5 nitrogen and oxygen atoms in total. The van der Waals surface area contributed by atoms with Crippen LogP contribution in [0.1, 0.15) is 19.3 Å². The minimum absolute atomic E-state index is 0.00872. The van der Waals surface area contributed by atoms with Gasteiger partial charge in [0.25, 0.3) is 0 Å². The van der Waals surface area contributed by atoms with Gasteiger partial charge in [0, 0.05) is 28.5 Å². The van der Waals surface area contributed by atoms with Crippen LogP contribution in [0.25, 0.3) is 0 Å². The number of halogens is 2. The van der Waals surface area contributed by atoms with E-state index < -0.39 is 16.1 Å². The van der Waals surface area contributed by atoms with Gasteiger partial charge >= 0.3 is 0 Å². The van der Waals surface area contributed by atoms with Crippen LogP contribution in [0.3, 0.4) is 0 Å². The number of amides is 1. The zero-order valence-corrected chi connectivity index (χ0v) is 15.2. The van der Waals surface area contributed by atoms with Crippen LogP contribution in [0.4, 0.5) is 0 Å². The molecule has 1 amide bonds. The molecule has 1 aromatic carbocycles. The molecule has 2 heterocycles. The van der Waals surface area contributed by atoms with Crippen LogP contribution in [-0.2, 0) is 14.8 Å². The van der Waals surface area contributed by atoms with Crippen molar-refractivity contribution in [3.63, 3.8) is 0 Å². The van der Waals surface area contributed by atoms with Crippen LogP contribution in [0.2, 0.25) is 10.0 Å². The van der Waals surface area contributed by atoms with Crippen molar-refractivity contribution in [3.05, 3.63) is 40.9 Å². The standard InChI is InChI=1S/C16H18Cl2N2O3S/c1-2-10-9-19-16(21)15-5-3-4-14(10)20(15)24(22,23)13-7-11(17)6-12(18)8-13/h2,6-8,10,14-15H,1,3-5,9H2,(H,19,21)/t10-,14-,15?/m0/s1. The molecule has 0 spiro atoms. The van der Waals surface area contributed by atoms with Gasteiger partial charge < -0.3 is 5.32 Å². The third-order valence-electron chi connectivity index (χ3n) is 4.63. The average molecular weight is 389 g/mol. The highest BCUT2D eigenvalue weighted by Gasteiger charge is 2.47. The van der Waals surface area contributed by atoms with Gasteiger partial charge in [0.15, 0.2) is 0 Å². The molecule has 3 rings (SSSR count). The van der Waals surface area contributed by atoms with E-state index in [0.29, 0.717) is 19.4 Å². The van der Waals surface area contributed by atoms with Crippen molar-refractivity contribution in [2.24, 2.45) is 5.92 Å². The van der Waals surface area contributed by atoms with E-state index in [1.807, 2.05) is 0 Å². The molecule has 8 heteroatoms. The molecular formula is C16H18Cl2N2O3S. The van der Waals surface area contributed by atoms with E-state index in [4.69, 9.17) is 23.2 Å². The summed E-state index contributed by atoms with van der Waals surface area (Å²) in [7, 11) is -3.91. The summed E-state index contributed by atoms with van der Waals surface area (Å²) in [6, 6.07) is 3.19. The SMILES string of the molecule is C=C[C@H]1CNC(=O)C2CCC[C@@H]1N2S(=O)(=O)c1cc(Cl)cc(Cl)c1. The predicted octanol–water partition coefficient (Wildman–Crippen LogP) is 2.84. The minimum atomic E-state index is -3.91. The molecule has 2 bridgehead atoms. The lowest BCUT2D eigenvalue weighted by molar-refractivity contribution is -0.125. The molecule has 1 N–H and O–H groups in total. The number of sulfonamides is 1. The number of hydrogen-bond acceptors (Lipinski definition) is 3. The summed E-state index contributed by atoms with van der Waals surface area (Å²) in [6.07, 6.45) is 3.71. The van der Waals surface area contributed by atoms with Crippen molar-refractivity contribution in [1.82, 2.24) is 9.62 Å². The number of rotatable bonds is 3. The van der Waals surface area contributed by atoms with Gasteiger partial charge in [-0.3, -0.25) is 4.79 Å². The summed E-state index contributed by atoms with van der Waals surface area (Å²) >= 11 is 11.9. The van der Waals surface area contributed by atoms with Crippen LogP contribution in [-0.4, -0.2) is 37.3 Å². The van der Waals surface area contributed by atoms with Crippen molar-refractivity contribution < 1.29 is 13.2 Å². The van der Waals surface area contributed by atoms with E-state index in [9.17, 15) is 13.2 Å². The van der Waals surface area contributed by atoms with E-state index in [-0.39, 0.29) is 32.8 Å². The van der Waals surface area contributed by atoms with Crippen molar-refractivity contribution in [1.29, 1.82) is 0 Å². The quantitative estimate of drug-likeness (QED) is 0.809. The third kappa shape index (κ3) is 3.08. The Bertz CT molecular complexity index is 761. The lowest BCUT2D eigenvalue weighted by atomic mass is 9.90. The molecule has 0 aromatic heterocycles. The second-order valence-corrected chi connectivity index (χ2v) is 8.81. The maximum Gasteiger partial charge on any atom is 0.244 e. The summed E-state index contributed by atoms with van der Waals surface area (Å²) in [5.74, 6) is -0.399. The lowest BCUT2D eigenvalue weighted by Gasteiger charge is -2.40. The molecule has 0 radical (unpaired) electrons. The maximum atomic E-state index is 13.3.